The van der Waals surface area contributed by atoms with E-state index in [-0.39, 0.29) is 13.0 Å². The molecule has 0 radical (unpaired) electrons. The van der Waals surface area contributed by atoms with Gasteiger partial charge in [-0.1, -0.05) is 60.7 Å². The minimum atomic E-state index is -2.45. The zero-order chi connectivity index (χ0) is 18.6. The van der Waals surface area contributed by atoms with Gasteiger partial charge in [0, 0.05) is 6.42 Å². The fraction of sp³-hybridized carbons (Fsp3) is 0.217. The van der Waals surface area contributed by atoms with Crippen LogP contribution in [-0.4, -0.2) is 12.5 Å². The van der Waals surface area contributed by atoms with Crippen molar-refractivity contribution >= 4 is 0 Å². The molecule has 27 heavy (non-hydrogen) atoms. The summed E-state index contributed by atoms with van der Waals surface area (Å²) in [5.74, 6) is 0.722. The Morgan fingerprint density at radius 3 is 2.37 bits per heavy atom. The third kappa shape index (κ3) is 4.17. The lowest BCUT2D eigenvalue weighted by atomic mass is 9.99. The number of rotatable bonds is 5. The first kappa shape index (κ1) is 17.7. The van der Waals surface area contributed by atoms with E-state index in [0.29, 0.717) is 6.61 Å². The largest absolute Gasteiger partial charge is 0.489 e. The summed E-state index contributed by atoms with van der Waals surface area (Å²) in [5.41, 5.74) is 5.25. The molecule has 1 heterocycles. The second-order valence-electron chi connectivity index (χ2n) is 6.67. The van der Waals surface area contributed by atoms with E-state index in [2.05, 4.69) is 36.4 Å². The van der Waals surface area contributed by atoms with E-state index in [4.69, 9.17) is 9.47 Å². The van der Waals surface area contributed by atoms with Crippen LogP contribution in [0, 0.1) is 0 Å². The van der Waals surface area contributed by atoms with Crippen LogP contribution < -0.4 is 4.74 Å². The summed E-state index contributed by atoms with van der Waals surface area (Å²) < 4.78 is 36.7. The molecule has 0 amide bonds. The number of alkyl halides is 2. The molecule has 1 atom stereocenters. The normalized spacial score (nSPS) is 16.2. The van der Waals surface area contributed by atoms with Crippen LogP contribution in [0.4, 0.5) is 8.78 Å². The molecule has 0 saturated heterocycles. The monoisotopic (exact) mass is 366 g/mol. The van der Waals surface area contributed by atoms with Crippen LogP contribution in [0.1, 0.15) is 16.7 Å². The Morgan fingerprint density at radius 2 is 1.63 bits per heavy atom. The van der Waals surface area contributed by atoms with Crippen molar-refractivity contribution in [2.45, 2.75) is 32.2 Å². The Morgan fingerprint density at radius 1 is 0.889 bits per heavy atom. The lowest BCUT2D eigenvalue weighted by Crippen LogP contribution is -2.29. The predicted octanol–water partition coefficient (Wildman–Crippen LogP) is 5.64. The van der Waals surface area contributed by atoms with Crippen LogP contribution in [0.5, 0.6) is 5.75 Å². The van der Waals surface area contributed by atoms with E-state index < -0.39 is 12.5 Å². The Balaban J connectivity index is 1.39. The number of hydrogen-bond donors (Lipinski definition) is 0. The van der Waals surface area contributed by atoms with Crippen LogP contribution in [0.2, 0.25) is 0 Å². The van der Waals surface area contributed by atoms with Gasteiger partial charge in [0.1, 0.15) is 18.5 Å². The molecule has 1 aliphatic rings. The summed E-state index contributed by atoms with van der Waals surface area (Å²) in [6, 6.07) is 24.1. The van der Waals surface area contributed by atoms with E-state index in [9.17, 15) is 8.78 Å². The van der Waals surface area contributed by atoms with Crippen molar-refractivity contribution in [1.29, 1.82) is 0 Å². The van der Waals surface area contributed by atoms with E-state index >= 15 is 0 Å². The lowest BCUT2D eigenvalue weighted by molar-refractivity contribution is -0.0703. The molecule has 0 N–H and O–H groups in total. The van der Waals surface area contributed by atoms with Crippen molar-refractivity contribution in [1.82, 2.24) is 0 Å². The van der Waals surface area contributed by atoms with Gasteiger partial charge in [-0.2, -0.15) is 0 Å². The van der Waals surface area contributed by atoms with Crippen LogP contribution in [0.25, 0.3) is 11.1 Å². The maximum Gasteiger partial charge on any atom is 0.264 e. The molecule has 138 valence electrons. The second kappa shape index (κ2) is 7.89. The number of halogens is 2. The van der Waals surface area contributed by atoms with Gasteiger partial charge in [0.2, 0.25) is 0 Å². The van der Waals surface area contributed by atoms with Gasteiger partial charge in [-0.25, -0.2) is 8.78 Å². The second-order valence-corrected chi connectivity index (χ2v) is 6.67. The average molecular weight is 366 g/mol. The fourth-order valence-corrected chi connectivity index (χ4v) is 3.25. The minimum Gasteiger partial charge on any atom is -0.489 e. The van der Waals surface area contributed by atoms with Gasteiger partial charge in [0.25, 0.3) is 6.43 Å². The highest BCUT2D eigenvalue weighted by Crippen LogP contribution is 2.28. The first-order valence-corrected chi connectivity index (χ1v) is 8.98. The molecule has 0 aliphatic carbocycles. The smallest absolute Gasteiger partial charge is 0.264 e. The zero-order valence-electron chi connectivity index (χ0n) is 14.8. The summed E-state index contributed by atoms with van der Waals surface area (Å²) in [4.78, 5) is 0. The molecule has 0 saturated carbocycles. The molecular formula is C23H20F2O2. The Kier molecular flexibility index (Phi) is 5.16. The van der Waals surface area contributed by atoms with Gasteiger partial charge in [0.05, 0.1) is 6.61 Å². The summed E-state index contributed by atoms with van der Waals surface area (Å²) in [6.45, 7) is 0.654. The number of fused-ring (bicyclic) bond motifs is 1. The highest BCUT2D eigenvalue weighted by Gasteiger charge is 2.26. The summed E-state index contributed by atoms with van der Waals surface area (Å²) >= 11 is 0. The fourth-order valence-electron chi connectivity index (χ4n) is 3.25. The van der Waals surface area contributed by atoms with Gasteiger partial charge >= 0.3 is 0 Å². The van der Waals surface area contributed by atoms with Crippen LogP contribution in [-0.2, 0) is 24.4 Å². The van der Waals surface area contributed by atoms with Crippen molar-refractivity contribution in [2.24, 2.45) is 0 Å². The SMILES string of the molecule is FC(F)C1Cc2ccc(OCc3ccc(-c4ccccc4)cc3)cc2CO1. The molecule has 0 spiro atoms. The van der Waals surface area contributed by atoms with Crippen molar-refractivity contribution in [2.75, 3.05) is 0 Å². The number of ether oxygens (including phenoxy) is 2. The van der Waals surface area contributed by atoms with E-state index in [1.54, 1.807) is 0 Å². The van der Waals surface area contributed by atoms with Crippen molar-refractivity contribution in [3.8, 4) is 16.9 Å². The molecule has 2 nitrogen and oxygen atoms in total. The minimum absolute atomic E-state index is 0.202. The number of hydrogen-bond acceptors (Lipinski definition) is 2. The molecule has 0 aromatic heterocycles. The summed E-state index contributed by atoms with van der Waals surface area (Å²) in [6.07, 6.45) is -3.21. The summed E-state index contributed by atoms with van der Waals surface area (Å²) in [5, 5.41) is 0. The molecule has 4 rings (SSSR count). The standard InChI is InChI=1S/C23H20F2O2/c24-23(25)22-13-19-10-11-21(12-20(19)15-27-22)26-14-16-6-8-18(9-7-16)17-4-2-1-3-5-17/h1-12,22-23H,13-15H2. The van der Waals surface area contributed by atoms with Gasteiger partial charge < -0.3 is 9.47 Å². The lowest BCUT2D eigenvalue weighted by Gasteiger charge is -2.25. The zero-order valence-corrected chi connectivity index (χ0v) is 14.8. The molecule has 4 heteroatoms. The molecule has 0 fully saturated rings. The van der Waals surface area contributed by atoms with Gasteiger partial charge in [-0.3, -0.25) is 0 Å². The first-order chi connectivity index (χ1) is 13.2. The first-order valence-electron chi connectivity index (χ1n) is 8.98. The topological polar surface area (TPSA) is 18.5 Å². The van der Waals surface area contributed by atoms with E-state index in [1.807, 2.05) is 36.4 Å². The average Bonchev–Trinajstić information content (AvgIpc) is 2.72. The molecule has 1 unspecified atom stereocenters. The molecule has 1 aliphatic heterocycles. The third-order valence-electron chi connectivity index (χ3n) is 4.80. The maximum atomic E-state index is 12.8. The van der Waals surface area contributed by atoms with E-state index in [1.165, 1.54) is 11.1 Å². The Bertz CT molecular complexity index is 892. The Labute approximate surface area is 157 Å². The predicted molar refractivity (Wildman–Crippen MR) is 101 cm³/mol. The van der Waals surface area contributed by atoms with Gasteiger partial charge in [-0.05, 0) is 39.9 Å². The van der Waals surface area contributed by atoms with Crippen molar-refractivity contribution in [3.05, 3.63) is 89.5 Å². The Hall–Kier alpha value is -2.72. The van der Waals surface area contributed by atoms with Gasteiger partial charge in [0.15, 0.2) is 0 Å². The molecular weight excluding hydrogens is 346 g/mol. The molecule has 3 aromatic rings. The van der Waals surface area contributed by atoms with Crippen LogP contribution >= 0.6 is 0 Å². The highest BCUT2D eigenvalue weighted by atomic mass is 19.3. The quantitative estimate of drug-likeness (QED) is 0.582. The van der Waals surface area contributed by atoms with Gasteiger partial charge in [-0.15, -0.1) is 0 Å². The van der Waals surface area contributed by atoms with Crippen molar-refractivity contribution < 1.29 is 18.3 Å². The molecule has 0 bridgehead atoms. The summed E-state index contributed by atoms with van der Waals surface area (Å²) in [7, 11) is 0. The van der Waals surface area contributed by atoms with E-state index in [0.717, 1.165) is 22.4 Å². The van der Waals surface area contributed by atoms with Crippen LogP contribution in [0.3, 0.4) is 0 Å². The van der Waals surface area contributed by atoms with Crippen molar-refractivity contribution in [3.63, 3.8) is 0 Å². The van der Waals surface area contributed by atoms with Crippen LogP contribution in [0.15, 0.2) is 72.8 Å². The maximum absolute atomic E-state index is 12.8. The third-order valence-corrected chi connectivity index (χ3v) is 4.80. The highest BCUT2D eigenvalue weighted by molar-refractivity contribution is 5.63. The molecule has 3 aromatic carbocycles. The number of benzene rings is 3.